The zero-order chi connectivity index (χ0) is 16.9. The van der Waals surface area contributed by atoms with Crippen LogP contribution in [0.3, 0.4) is 0 Å². The van der Waals surface area contributed by atoms with Gasteiger partial charge in [0.15, 0.2) is 0 Å². The number of nitrogens with one attached hydrogen (secondary N) is 2. The number of carbonyl (C=O) groups is 1. The largest absolute Gasteiger partial charge is 0.379 e. The summed E-state index contributed by atoms with van der Waals surface area (Å²) in [7, 11) is 1.69. The lowest BCUT2D eigenvalue weighted by atomic mass is 10.2. The molecule has 6 heteroatoms. The van der Waals surface area contributed by atoms with Crippen LogP contribution < -0.4 is 10.9 Å². The Bertz CT molecular complexity index is 767. The minimum atomic E-state index is -0.132. The zero-order valence-corrected chi connectivity index (χ0v) is 13.9. The molecule has 1 aliphatic rings. The van der Waals surface area contributed by atoms with Crippen LogP contribution in [0.25, 0.3) is 10.9 Å². The fraction of sp³-hybridized carbons (Fsp3) is 0.500. The number of amides is 1. The number of hydrogen-bond acceptors (Lipinski definition) is 4. The molecule has 1 amide bonds. The van der Waals surface area contributed by atoms with Crippen molar-refractivity contribution in [1.82, 2.24) is 15.3 Å². The number of benzene rings is 1. The number of fused-ring (bicyclic) bond motifs is 1. The molecule has 0 radical (unpaired) electrons. The van der Waals surface area contributed by atoms with Gasteiger partial charge in [0.1, 0.15) is 5.82 Å². The van der Waals surface area contributed by atoms with Crippen molar-refractivity contribution in [3.63, 3.8) is 0 Å². The van der Waals surface area contributed by atoms with Gasteiger partial charge in [0.25, 0.3) is 5.56 Å². The highest BCUT2D eigenvalue weighted by molar-refractivity contribution is 5.77. The quantitative estimate of drug-likeness (QED) is 0.773. The van der Waals surface area contributed by atoms with E-state index in [0.29, 0.717) is 48.5 Å². The highest BCUT2D eigenvalue weighted by atomic mass is 16.5. The number of hydrogen-bond donors (Lipinski definition) is 2. The van der Waals surface area contributed by atoms with Crippen molar-refractivity contribution in [2.75, 3.05) is 13.7 Å². The summed E-state index contributed by atoms with van der Waals surface area (Å²) < 4.78 is 5.39. The van der Waals surface area contributed by atoms with E-state index in [1.54, 1.807) is 13.2 Å². The number of methoxy groups -OCH3 is 1. The smallest absolute Gasteiger partial charge is 0.258 e. The Morgan fingerprint density at radius 3 is 2.96 bits per heavy atom. The van der Waals surface area contributed by atoms with Gasteiger partial charge in [-0.1, -0.05) is 12.1 Å². The number of aromatic amines is 1. The maximum absolute atomic E-state index is 12.0. The predicted octanol–water partition coefficient (Wildman–Crippen LogP) is 1.79. The third-order valence-electron chi connectivity index (χ3n) is 4.43. The fourth-order valence-corrected chi connectivity index (χ4v) is 2.88. The summed E-state index contributed by atoms with van der Waals surface area (Å²) >= 11 is 0. The molecular weight excluding hydrogens is 306 g/mol. The summed E-state index contributed by atoms with van der Waals surface area (Å²) in [4.78, 5) is 31.1. The van der Waals surface area contributed by atoms with Crippen LogP contribution in [0.4, 0.5) is 0 Å². The third-order valence-corrected chi connectivity index (χ3v) is 4.43. The van der Waals surface area contributed by atoms with Gasteiger partial charge in [0.2, 0.25) is 5.91 Å². The van der Waals surface area contributed by atoms with Crippen molar-refractivity contribution in [3.05, 3.63) is 40.4 Å². The molecule has 0 bridgehead atoms. The summed E-state index contributed by atoms with van der Waals surface area (Å²) in [5.41, 5.74) is 0.556. The molecule has 2 N–H and O–H groups in total. The summed E-state index contributed by atoms with van der Waals surface area (Å²) in [6, 6.07) is 7.25. The second-order valence-corrected chi connectivity index (χ2v) is 6.30. The second-order valence-electron chi connectivity index (χ2n) is 6.30. The number of carbonyl (C=O) groups excluding carboxylic acids is 1. The minimum Gasteiger partial charge on any atom is -0.379 e. The summed E-state index contributed by atoms with van der Waals surface area (Å²) in [5.74, 6) is 1.24. The number of H-pyrrole nitrogens is 1. The Morgan fingerprint density at radius 2 is 2.21 bits per heavy atom. The van der Waals surface area contributed by atoms with E-state index >= 15 is 0 Å². The molecule has 1 unspecified atom stereocenters. The van der Waals surface area contributed by atoms with Crippen LogP contribution in [0.2, 0.25) is 0 Å². The molecule has 1 aliphatic carbocycles. The van der Waals surface area contributed by atoms with Gasteiger partial charge in [-0.25, -0.2) is 4.98 Å². The van der Waals surface area contributed by atoms with Crippen LogP contribution >= 0.6 is 0 Å². The monoisotopic (exact) mass is 329 g/mol. The van der Waals surface area contributed by atoms with E-state index in [1.165, 1.54) is 12.8 Å². The molecule has 128 valence electrons. The Labute approximate surface area is 140 Å². The third kappa shape index (κ3) is 4.20. The summed E-state index contributed by atoms with van der Waals surface area (Å²) in [5, 5.41) is 3.51. The lowest BCUT2D eigenvalue weighted by Crippen LogP contribution is -2.34. The Kier molecular flexibility index (Phi) is 5.25. The lowest BCUT2D eigenvalue weighted by Gasteiger charge is -2.15. The standard InChI is InChI=1S/C18H23N3O3/c1-24-15(12-9-10-12)11-19-17(22)8-4-7-16-20-14-6-3-2-5-13(14)18(23)21-16/h2-3,5-6,12,15H,4,7-11H2,1H3,(H,19,22)(H,20,21,23). The molecule has 3 rings (SSSR count). The van der Waals surface area contributed by atoms with Gasteiger partial charge in [-0.15, -0.1) is 0 Å². The van der Waals surface area contributed by atoms with Crippen LogP contribution in [0, 0.1) is 5.92 Å². The Morgan fingerprint density at radius 1 is 1.42 bits per heavy atom. The van der Waals surface area contributed by atoms with E-state index < -0.39 is 0 Å². The molecule has 1 saturated carbocycles. The molecule has 24 heavy (non-hydrogen) atoms. The van der Waals surface area contributed by atoms with Crippen LogP contribution in [0.1, 0.15) is 31.5 Å². The van der Waals surface area contributed by atoms with E-state index in [2.05, 4.69) is 15.3 Å². The number of rotatable bonds is 8. The minimum absolute atomic E-state index is 0.0147. The molecule has 1 aromatic heterocycles. The zero-order valence-electron chi connectivity index (χ0n) is 13.9. The van der Waals surface area contributed by atoms with E-state index in [-0.39, 0.29) is 17.6 Å². The predicted molar refractivity (Wildman–Crippen MR) is 91.8 cm³/mol. The first kappa shape index (κ1) is 16.6. The van der Waals surface area contributed by atoms with Crippen molar-refractivity contribution < 1.29 is 9.53 Å². The van der Waals surface area contributed by atoms with Crippen molar-refractivity contribution in [1.29, 1.82) is 0 Å². The van der Waals surface area contributed by atoms with E-state index in [4.69, 9.17) is 4.74 Å². The van der Waals surface area contributed by atoms with Crippen LogP contribution in [0.15, 0.2) is 29.1 Å². The van der Waals surface area contributed by atoms with Crippen LogP contribution in [-0.4, -0.2) is 35.6 Å². The van der Waals surface area contributed by atoms with Gasteiger partial charge < -0.3 is 15.0 Å². The lowest BCUT2D eigenvalue weighted by molar-refractivity contribution is -0.121. The molecule has 1 fully saturated rings. The van der Waals surface area contributed by atoms with Gasteiger partial charge in [0, 0.05) is 26.5 Å². The van der Waals surface area contributed by atoms with Gasteiger partial charge in [-0.05, 0) is 37.3 Å². The van der Waals surface area contributed by atoms with Gasteiger partial charge >= 0.3 is 0 Å². The van der Waals surface area contributed by atoms with Crippen LogP contribution in [-0.2, 0) is 16.0 Å². The number of aryl methyl sites for hydroxylation is 1. The highest BCUT2D eigenvalue weighted by Crippen LogP contribution is 2.33. The number of ether oxygens (including phenoxy) is 1. The molecule has 0 saturated heterocycles. The molecule has 1 atom stereocenters. The van der Waals surface area contributed by atoms with E-state index in [1.807, 2.05) is 18.2 Å². The number of nitrogens with zero attached hydrogens (tertiary/aromatic N) is 1. The Balaban J connectivity index is 1.47. The van der Waals surface area contributed by atoms with Crippen molar-refractivity contribution in [3.8, 4) is 0 Å². The summed E-state index contributed by atoms with van der Waals surface area (Å²) in [6.07, 6.45) is 4.15. The topological polar surface area (TPSA) is 84.1 Å². The van der Waals surface area contributed by atoms with Gasteiger partial charge in [-0.2, -0.15) is 0 Å². The molecular formula is C18H23N3O3. The molecule has 6 nitrogen and oxygen atoms in total. The maximum Gasteiger partial charge on any atom is 0.258 e. The number of para-hydroxylation sites is 1. The Hall–Kier alpha value is -2.21. The van der Waals surface area contributed by atoms with Crippen molar-refractivity contribution in [2.45, 2.75) is 38.2 Å². The first-order valence-corrected chi connectivity index (χ1v) is 8.45. The normalized spacial score (nSPS) is 15.4. The highest BCUT2D eigenvalue weighted by Gasteiger charge is 2.31. The van der Waals surface area contributed by atoms with Crippen molar-refractivity contribution >= 4 is 16.8 Å². The first-order chi connectivity index (χ1) is 11.7. The fourth-order valence-electron chi connectivity index (χ4n) is 2.88. The molecule has 0 spiro atoms. The second kappa shape index (κ2) is 7.57. The average molecular weight is 329 g/mol. The molecule has 1 heterocycles. The first-order valence-electron chi connectivity index (χ1n) is 8.45. The SMILES string of the molecule is COC(CNC(=O)CCCc1nc2ccccc2c(=O)[nH]1)C1CC1. The maximum atomic E-state index is 12.0. The average Bonchev–Trinajstić information content (AvgIpc) is 3.41. The van der Waals surface area contributed by atoms with Gasteiger partial charge in [0.05, 0.1) is 17.0 Å². The van der Waals surface area contributed by atoms with E-state index in [9.17, 15) is 9.59 Å². The number of aromatic nitrogens is 2. The summed E-state index contributed by atoms with van der Waals surface area (Å²) in [6.45, 7) is 0.574. The van der Waals surface area contributed by atoms with Crippen LogP contribution in [0.5, 0.6) is 0 Å². The molecule has 0 aliphatic heterocycles. The van der Waals surface area contributed by atoms with Gasteiger partial charge in [-0.3, -0.25) is 9.59 Å². The van der Waals surface area contributed by atoms with Crippen molar-refractivity contribution in [2.24, 2.45) is 5.92 Å². The molecule has 2 aromatic rings. The molecule has 1 aromatic carbocycles. The van der Waals surface area contributed by atoms with E-state index in [0.717, 1.165) is 0 Å².